The van der Waals surface area contributed by atoms with Gasteiger partial charge in [-0.1, -0.05) is 20.8 Å². The first-order valence-corrected chi connectivity index (χ1v) is 6.02. The number of aryl methyl sites for hydroxylation is 1. The number of rotatable bonds is 3. The van der Waals surface area contributed by atoms with Gasteiger partial charge in [-0.15, -0.1) is 0 Å². The average molecular weight is 205 g/mol. The van der Waals surface area contributed by atoms with E-state index in [0.29, 0.717) is 10.8 Å². The van der Waals surface area contributed by atoms with Crippen molar-refractivity contribution in [3.05, 3.63) is 24.0 Å². The van der Waals surface area contributed by atoms with E-state index in [1.165, 1.54) is 31.5 Å². The molecule has 1 saturated carbocycles. The van der Waals surface area contributed by atoms with E-state index in [2.05, 4.69) is 50.6 Å². The number of aromatic nitrogens is 1. The molecular weight excluding hydrogens is 182 g/mol. The summed E-state index contributed by atoms with van der Waals surface area (Å²) in [6, 6.07) is 4.36. The van der Waals surface area contributed by atoms with Crippen molar-refractivity contribution < 1.29 is 0 Å². The van der Waals surface area contributed by atoms with E-state index in [-0.39, 0.29) is 0 Å². The molecule has 0 aromatic carbocycles. The zero-order valence-corrected chi connectivity index (χ0v) is 10.5. The summed E-state index contributed by atoms with van der Waals surface area (Å²) in [6.07, 6.45) is 6.42. The second-order valence-electron chi connectivity index (χ2n) is 6.51. The quantitative estimate of drug-likeness (QED) is 0.702. The van der Waals surface area contributed by atoms with Crippen molar-refractivity contribution in [3.8, 4) is 0 Å². The van der Waals surface area contributed by atoms with Gasteiger partial charge in [0.05, 0.1) is 0 Å². The first-order valence-electron chi connectivity index (χ1n) is 6.02. The smallest absolute Gasteiger partial charge is 0.0278 e. The molecule has 0 aliphatic heterocycles. The molecule has 1 heterocycles. The molecule has 1 aliphatic carbocycles. The number of hydrogen-bond acceptors (Lipinski definition) is 0. The minimum atomic E-state index is 0.470. The minimum absolute atomic E-state index is 0.470. The lowest BCUT2D eigenvalue weighted by Gasteiger charge is -2.26. The van der Waals surface area contributed by atoms with E-state index in [0.717, 1.165) is 0 Å². The molecule has 0 unspecified atom stereocenters. The Morgan fingerprint density at radius 2 is 2.00 bits per heavy atom. The molecule has 0 amide bonds. The first-order chi connectivity index (χ1) is 6.90. The summed E-state index contributed by atoms with van der Waals surface area (Å²) in [5.41, 5.74) is 2.48. The van der Waals surface area contributed by atoms with Gasteiger partial charge in [0.1, 0.15) is 0 Å². The Morgan fingerprint density at radius 3 is 2.40 bits per heavy atom. The van der Waals surface area contributed by atoms with Crippen molar-refractivity contribution in [3.63, 3.8) is 0 Å². The van der Waals surface area contributed by atoms with E-state index in [1.54, 1.807) is 0 Å². The second-order valence-corrected chi connectivity index (χ2v) is 6.51. The molecule has 15 heavy (non-hydrogen) atoms. The molecule has 2 rings (SSSR count). The summed E-state index contributed by atoms with van der Waals surface area (Å²) in [6.45, 7) is 10.5. The van der Waals surface area contributed by atoms with Crippen molar-refractivity contribution in [2.75, 3.05) is 0 Å². The molecular formula is C14H23N. The van der Waals surface area contributed by atoms with Crippen molar-refractivity contribution in [1.29, 1.82) is 0 Å². The normalized spacial score (nSPS) is 19.2. The van der Waals surface area contributed by atoms with Crippen molar-refractivity contribution in [2.45, 2.75) is 53.5 Å². The standard InChI is InChI=1S/C14H23N/c1-12-6-5-9-15(12)11-14(7-8-14)10-13(2,3)4/h5-6,9H,7-8,10-11H2,1-4H3. The monoisotopic (exact) mass is 205 g/mol. The lowest BCUT2D eigenvalue weighted by atomic mass is 9.82. The van der Waals surface area contributed by atoms with Crippen LogP contribution in [0, 0.1) is 17.8 Å². The van der Waals surface area contributed by atoms with Crippen LogP contribution in [0.3, 0.4) is 0 Å². The van der Waals surface area contributed by atoms with Crippen LogP contribution in [-0.2, 0) is 6.54 Å². The van der Waals surface area contributed by atoms with Crippen molar-refractivity contribution >= 4 is 0 Å². The Labute approximate surface area is 93.5 Å². The van der Waals surface area contributed by atoms with Crippen LogP contribution in [0.5, 0.6) is 0 Å². The van der Waals surface area contributed by atoms with Gasteiger partial charge in [-0.05, 0) is 49.1 Å². The zero-order valence-electron chi connectivity index (χ0n) is 10.5. The molecule has 0 radical (unpaired) electrons. The topological polar surface area (TPSA) is 4.93 Å². The van der Waals surface area contributed by atoms with Gasteiger partial charge in [0.25, 0.3) is 0 Å². The maximum absolute atomic E-state index is 2.42. The number of hydrogen-bond donors (Lipinski definition) is 0. The summed E-state index contributed by atoms with van der Waals surface area (Å²) < 4.78 is 2.42. The first kappa shape index (κ1) is 10.8. The molecule has 1 nitrogen and oxygen atoms in total. The van der Waals surface area contributed by atoms with Gasteiger partial charge >= 0.3 is 0 Å². The van der Waals surface area contributed by atoms with Crippen molar-refractivity contribution in [2.24, 2.45) is 10.8 Å². The van der Waals surface area contributed by atoms with Crippen LogP contribution < -0.4 is 0 Å². The molecule has 0 bridgehead atoms. The molecule has 1 aliphatic rings. The van der Waals surface area contributed by atoms with Crippen LogP contribution in [0.4, 0.5) is 0 Å². The van der Waals surface area contributed by atoms with Gasteiger partial charge < -0.3 is 4.57 Å². The Hall–Kier alpha value is -0.720. The van der Waals surface area contributed by atoms with Gasteiger partial charge in [0, 0.05) is 18.4 Å². The SMILES string of the molecule is Cc1cccn1CC1(CC(C)(C)C)CC1. The van der Waals surface area contributed by atoms with Gasteiger partial charge in [0.2, 0.25) is 0 Å². The average Bonchev–Trinajstić information content (AvgIpc) is 2.68. The fraction of sp³-hybridized carbons (Fsp3) is 0.714. The van der Waals surface area contributed by atoms with Crippen LogP contribution in [0.2, 0.25) is 0 Å². The molecule has 0 saturated heterocycles. The maximum Gasteiger partial charge on any atom is 0.0278 e. The summed E-state index contributed by atoms with van der Waals surface area (Å²) in [5, 5.41) is 0. The Kier molecular flexibility index (Phi) is 2.44. The fourth-order valence-electron chi connectivity index (χ4n) is 2.73. The molecule has 1 aromatic rings. The predicted molar refractivity (Wildman–Crippen MR) is 64.9 cm³/mol. The summed E-state index contributed by atoms with van der Waals surface area (Å²) in [7, 11) is 0. The molecule has 1 aromatic heterocycles. The third-order valence-electron chi connectivity index (χ3n) is 3.42. The summed E-state index contributed by atoms with van der Waals surface area (Å²) in [4.78, 5) is 0. The van der Waals surface area contributed by atoms with Crippen LogP contribution in [0.25, 0.3) is 0 Å². The van der Waals surface area contributed by atoms with Crippen molar-refractivity contribution in [1.82, 2.24) is 4.57 Å². The van der Waals surface area contributed by atoms with Crippen LogP contribution in [-0.4, -0.2) is 4.57 Å². The Bertz CT molecular complexity index is 336. The highest BCUT2D eigenvalue weighted by atomic mass is 15.0. The molecule has 0 atom stereocenters. The van der Waals surface area contributed by atoms with E-state index >= 15 is 0 Å². The van der Waals surface area contributed by atoms with E-state index in [9.17, 15) is 0 Å². The van der Waals surface area contributed by atoms with Crippen LogP contribution in [0.15, 0.2) is 18.3 Å². The molecule has 84 valence electrons. The molecule has 0 spiro atoms. The fourth-order valence-corrected chi connectivity index (χ4v) is 2.73. The third-order valence-corrected chi connectivity index (χ3v) is 3.42. The van der Waals surface area contributed by atoms with Gasteiger partial charge in [0.15, 0.2) is 0 Å². The van der Waals surface area contributed by atoms with Crippen LogP contribution in [0.1, 0.15) is 45.7 Å². The minimum Gasteiger partial charge on any atom is -0.351 e. The molecule has 1 heteroatoms. The van der Waals surface area contributed by atoms with E-state index < -0.39 is 0 Å². The van der Waals surface area contributed by atoms with E-state index in [1.807, 2.05) is 0 Å². The lowest BCUT2D eigenvalue weighted by molar-refractivity contribution is 0.251. The molecule has 0 N–H and O–H groups in total. The van der Waals surface area contributed by atoms with Gasteiger partial charge in [-0.25, -0.2) is 0 Å². The summed E-state index contributed by atoms with van der Waals surface area (Å²) in [5.74, 6) is 0. The molecule has 1 fully saturated rings. The highest BCUT2D eigenvalue weighted by molar-refractivity contribution is 5.07. The van der Waals surface area contributed by atoms with E-state index in [4.69, 9.17) is 0 Å². The lowest BCUT2D eigenvalue weighted by Crippen LogP contribution is -2.19. The Balaban J connectivity index is 2.03. The highest BCUT2D eigenvalue weighted by Gasteiger charge is 2.45. The number of nitrogens with zero attached hydrogens (tertiary/aromatic N) is 1. The maximum atomic E-state index is 2.42. The highest BCUT2D eigenvalue weighted by Crippen LogP contribution is 2.54. The predicted octanol–water partition coefficient (Wildman–Crippen LogP) is 4.01. The van der Waals surface area contributed by atoms with Gasteiger partial charge in [-0.2, -0.15) is 0 Å². The van der Waals surface area contributed by atoms with Gasteiger partial charge in [-0.3, -0.25) is 0 Å². The second kappa shape index (κ2) is 3.40. The van der Waals surface area contributed by atoms with Crippen LogP contribution >= 0.6 is 0 Å². The Morgan fingerprint density at radius 1 is 1.33 bits per heavy atom. The largest absolute Gasteiger partial charge is 0.351 e. The summed E-state index contributed by atoms with van der Waals surface area (Å²) >= 11 is 0. The third kappa shape index (κ3) is 2.64. The zero-order chi connectivity index (χ0) is 11.1.